The fourth-order valence-corrected chi connectivity index (χ4v) is 4.03. The molecule has 0 spiro atoms. The van der Waals surface area contributed by atoms with Gasteiger partial charge < -0.3 is 19.5 Å². The summed E-state index contributed by atoms with van der Waals surface area (Å²) >= 11 is 0.805. The molecule has 0 bridgehead atoms. The zero-order chi connectivity index (χ0) is 24.7. The third-order valence-corrected chi connectivity index (χ3v) is 5.68. The number of rotatable bonds is 9. The van der Waals surface area contributed by atoms with Gasteiger partial charge in [0.25, 0.3) is 11.1 Å². The first-order valence-corrected chi connectivity index (χ1v) is 10.9. The standard InChI is InChI=1S/C24H23FN2O6S/c1-31-18-12-16(13-19(32-2)22(18)33-3)14-20-23(29)27(24(30)34-20)10-9-26-21(28)8-7-15-5-4-6-17(25)11-15/h4-8,11-14H,9-10H2,1-3H3,(H,26,28)/b8-7+,20-14-. The van der Waals surface area contributed by atoms with Crippen molar-refractivity contribution in [1.82, 2.24) is 10.2 Å². The molecular weight excluding hydrogens is 463 g/mol. The van der Waals surface area contributed by atoms with Gasteiger partial charge in [0.1, 0.15) is 5.82 Å². The summed E-state index contributed by atoms with van der Waals surface area (Å²) in [5, 5.41) is 2.16. The molecular formula is C24H23FN2O6S. The van der Waals surface area contributed by atoms with E-state index in [9.17, 15) is 18.8 Å². The van der Waals surface area contributed by atoms with Crippen molar-refractivity contribution in [1.29, 1.82) is 0 Å². The molecule has 1 N–H and O–H groups in total. The second-order valence-electron chi connectivity index (χ2n) is 6.97. The van der Waals surface area contributed by atoms with Gasteiger partial charge in [0.2, 0.25) is 11.7 Å². The van der Waals surface area contributed by atoms with Crippen LogP contribution in [0.4, 0.5) is 9.18 Å². The van der Waals surface area contributed by atoms with Crippen molar-refractivity contribution in [3.8, 4) is 17.2 Å². The SMILES string of the molecule is COc1cc(/C=C2\SC(=O)N(CCNC(=O)/C=C/c3cccc(F)c3)C2=O)cc(OC)c1OC. The maximum absolute atomic E-state index is 13.2. The molecule has 1 saturated heterocycles. The fraction of sp³-hybridized carbons (Fsp3) is 0.208. The highest BCUT2D eigenvalue weighted by Gasteiger charge is 2.34. The van der Waals surface area contributed by atoms with E-state index in [0.717, 1.165) is 16.7 Å². The van der Waals surface area contributed by atoms with Crippen LogP contribution in [0.5, 0.6) is 17.2 Å². The molecule has 0 aliphatic carbocycles. The molecule has 0 saturated carbocycles. The van der Waals surface area contributed by atoms with E-state index in [1.807, 2.05) is 0 Å². The Morgan fingerprint density at radius 1 is 1.06 bits per heavy atom. The molecule has 10 heteroatoms. The van der Waals surface area contributed by atoms with Gasteiger partial charge >= 0.3 is 0 Å². The molecule has 1 aliphatic rings. The number of carbonyl (C=O) groups excluding carboxylic acids is 3. The monoisotopic (exact) mass is 486 g/mol. The lowest BCUT2D eigenvalue weighted by molar-refractivity contribution is -0.123. The predicted octanol–water partition coefficient (Wildman–Crippen LogP) is 3.72. The quantitative estimate of drug-likeness (QED) is 0.540. The average Bonchev–Trinajstić information content (AvgIpc) is 3.09. The van der Waals surface area contributed by atoms with E-state index in [-0.39, 0.29) is 18.0 Å². The number of halogens is 1. The Kier molecular flexibility index (Phi) is 8.31. The molecule has 2 aromatic rings. The van der Waals surface area contributed by atoms with Gasteiger partial charge in [-0.05, 0) is 59.3 Å². The maximum atomic E-state index is 13.2. The number of benzene rings is 2. The normalized spacial score (nSPS) is 14.7. The Morgan fingerprint density at radius 3 is 2.38 bits per heavy atom. The molecule has 34 heavy (non-hydrogen) atoms. The molecule has 1 fully saturated rings. The van der Waals surface area contributed by atoms with Crippen LogP contribution in [-0.2, 0) is 9.59 Å². The number of carbonyl (C=O) groups is 3. The molecule has 178 valence electrons. The minimum atomic E-state index is -0.465. The lowest BCUT2D eigenvalue weighted by Gasteiger charge is -2.13. The summed E-state index contributed by atoms with van der Waals surface area (Å²) in [7, 11) is 4.45. The van der Waals surface area contributed by atoms with Crippen LogP contribution in [0, 0.1) is 5.82 Å². The van der Waals surface area contributed by atoms with E-state index in [1.54, 1.807) is 30.3 Å². The van der Waals surface area contributed by atoms with Gasteiger partial charge in [-0.2, -0.15) is 0 Å². The van der Waals surface area contributed by atoms with E-state index in [2.05, 4.69) is 5.32 Å². The van der Waals surface area contributed by atoms with Crippen molar-refractivity contribution < 1.29 is 33.0 Å². The van der Waals surface area contributed by atoms with Crippen LogP contribution >= 0.6 is 11.8 Å². The molecule has 1 aliphatic heterocycles. The number of nitrogens with zero attached hydrogens (tertiary/aromatic N) is 1. The molecule has 3 amide bonds. The topological polar surface area (TPSA) is 94.2 Å². The first kappa shape index (κ1) is 24.8. The van der Waals surface area contributed by atoms with Crippen LogP contribution in [0.25, 0.3) is 12.2 Å². The summed E-state index contributed by atoms with van der Waals surface area (Å²) in [4.78, 5) is 38.4. The Morgan fingerprint density at radius 2 is 1.76 bits per heavy atom. The number of nitrogens with one attached hydrogen (secondary N) is 1. The number of hydrogen-bond acceptors (Lipinski definition) is 7. The van der Waals surface area contributed by atoms with Gasteiger partial charge in [-0.1, -0.05) is 12.1 Å². The number of amides is 3. The second-order valence-corrected chi connectivity index (χ2v) is 7.96. The molecule has 0 atom stereocenters. The van der Waals surface area contributed by atoms with Crippen LogP contribution in [0.15, 0.2) is 47.4 Å². The van der Waals surface area contributed by atoms with Gasteiger partial charge in [-0.3, -0.25) is 19.3 Å². The summed E-state index contributed by atoms with van der Waals surface area (Å²) < 4.78 is 29.1. The summed E-state index contributed by atoms with van der Waals surface area (Å²) in [6, 6.07) is 9.14. The number of hydrogen-bond donors (Lipinski definition) is 1. The van der Waals surface area contributed by atoms with Crippen LogP contribution in [-0.4, -0.2) is 56.4 Å². The zero-order valence-electron chi connectivity index (χ0n) is 18.8. The smallest absolute Gasteiger partial charge is 0.293 e. The Hall–Kier alpha value is -3.79. The maximum Gasteiger partial charge on any atom is 0.293 e. The van der Waals surface area contributed by atoms with Crippen molar-refractivity contribution in [2.45, 2.75) is 0 Å². The van der Waals surface area contributed by atoms with Gasteiger partial charge in [0.05, 0.1) is 26.2 Å². The van der Waals surface area contributed by atoms with Crippen molar-refractivity contribution in [2.75, 3.05) is 34.4 Å². The van der Waals surface area contributed by atoms with E-state index in [1.165, 1.54) is 45.6 Å². The molecule has 3 rings (SSSR count). The molecule has 0 aromatic heterocycles. The van der Waals surface area contributed by atoms with Crippen molar-refractivity contribution in [3.05, 3.63) is 64.3 Å². The number of imide groups is 1. The number of thioether (sulfide) groups is 1. The van der Waals surface area contributed by atoms with Crippen molar-refractivity contribution in [2.24, 2.45) is 0 Å². The van der Waals surface area contributed by atoms with Crippen LogP contribution in [0.3, 0.4) is 0 Å². The molecule has 1 heterocycles. The minimum absolute atomic E-state index is 0.0107. The van der Waals surface area contributed by atoms with Gasteiger partial charge in [-0.15, -0.1) is 0 Å². The Labute approximate surface area is 200 Å². The largest absolute Gasteiger partial charge is 0.493 e. The molecule has 0 unspecified atom stereocenters. The first-order valence-electron chi connectivity index (χ1n) is 10.1. The zero-order valence-corrected chi connectivity index (χ0v) is 19.6. The Bertz CT molecular complexity index is 1140. The Balaban J connectivity index is 1.62. The number of ether oxygens (including phenoxy) is 3. The molecule has 0 radical (unpaired) electrons. The molecule has 2 aromatic carbocycles. The second kappa shape index (κ2) is 11.4. The summed E-state index contributed by atoms with van der Waals surface area (Å²) in [6.07, 6.45) is 4.29. The minimum Gasteiger partial charge on any atom is -0.493 e. The number of methoxy groups -OCH3 is 3. The van der Waals surface area contributed by atoms with E-state index in [4.69, 9.17) is 14.2 Å². The lowest BCUT2D eigenvalue weighted by Crippen LogP contribution is -2.36. The van der Waals surface area contributed by atoms with Crippen LogP contribution in [0.2, 0.25) is 0 Å². The van der Waals surface area contributed by atoms with Gasteiger partial charge in [-0.25, -0.2) is 4.39 Å². The fourth-order valence-electron chi connectivity index (χ4n) is 3.16. The van der Waals surface area contributed by atoms with Gasteiger partial charge in [0, 0.05) is 19.2 Å². The van der Waals surface area contributed by atoms with E-state index >= 15 is 0 Å². The first-order chi connectivity index (χ1) is 16.4. The third-order valence-electron chi connectivity index (χ3n) is 4.77. The van der Waals surface area contributed by atoms with Gasteiger partial charge in [0.15, 0.2) is 11.5 Å². The lowest BCUT2D eigenvalue weighted by atomic mass is 10.1. The van der Waals surface area contributed by atoms with Crippen molar-refractivity contribution in [3.63, 3.8) is 0 Å². The highest BCUT2D eigenvalue weighted by atomic mass is 32.2. The third kappa shape index (κ3) is 5.96. The summed E-state index contributed by atoms with van der Waals surface area (Å²) in [6.45, 7) is 0.0820. The highest BCUT2D eigenvalue weighted by Crippen LogP contribution is 2.40. The highest BCUT2D eigenvalue weighted by molar-refractivity contribution is 8.18. The van der Waals surface area contributed by atoms with Crippen LogP contribution in [0.1, 0.15) is 11.1 Å². The van der Waals surface area contributed by atoms with Crippen LogP contribution < -0.4 is 19.5 Å². The summed E-state index contributed by atoms with van der Waals surface area (Å²) in [5.41, 5.74) is 1.13. The predicted molar refractivity (Wildman–Crippen MR) is 127 cm³/mol. The van der Waals surface area contributed by atoms with E-state index in [0.29, 0.717) is 28.4 Å². The van der Waals surface area contributed by atoms with E-state index < -0.39 is 22.9 Å². The molecule has 8 nitrogen and oxygen atoms in total. The average molecular weight is 487 g/mol. The van der Waals surface area contributed by atoms with Crippen molar-refractivity contribution >= 4 is 41.0 Å². The summed E-state index contributed by atoms with van der Waals surface area (Å²) in [5.74, 6) is -0.0425.